The van der Waals surface area contributed by atoms with Crippen molar-refractivity contribution in [2.75, 3.05) is 5.32 Å². The van der Waals surface area contributed by atoms with Gasteiger partial charge >= 0.3 is 0 Å². The molecule has 1 saturated heterocycles. The second kappa shape index (κ2) is 9.89. The van der Waals surface area contributed by atoms with Crippen LogP contribution in [0.1, 0.15) is 12.1 Å². The molecule has 1 aliphatic rings. The molecule has 0 aliphatic carbocycles. The molecule has 1 fully saturated rings. The first-order valence-corrected chi connectivity index (χ1v) is 11.3. The van der Waals surface area contributed by atoms with Crippen molar-refractivity contribution < 1.29 is 9.59 Å². The number of thioether (sulfide) groups is 1. The van der Waals surface area contributed by atoms with E-state index in [2.05, 4.69) is 31.2 Å². The Morgan fingerprint density at radius 3 is 2.52 bits per heavy atom. The van der Waals surface area contributed by atoms with Crippen LogP contribution in [0, 0.1) is 0 Å². The Kier molecular flexibility index (Phi) is 6.79. The molecule has 0 saturated carbocycles. The summed E-state index contributed by atoms with van der Waals surface area (Å²) in [6.45, 7) is 0.309. The summed E-state index contributed by atoms with van der Waals surface area (Å²) in [6.07, 6.45) is 1.76. The molecule has 8 heteroatoms. The normalized spacial score (nSPS) is 17.2. The highest BCUT2D eigenvalue weighted by Gasteiger charge is 2.39. The molecule has 6 nitrogen and oxygen atoms in total. The zero-order chi connectivity index (χ0) is 21.6. The van der Waals surface area contributed by atoms with Gasteiger partial charge in [0.05, 0.1) is 17.9 Å². The molecule has 156 valence electrons. The fraction of sp³-hybridized carbons (Fsp3) is 0.130. The molecule has 1 atom stereocenters. The molecule has 0 unspecified atom stereocenters. The molecule has 2 amide bonds. The van der Waals surface area contributed by atoms with Gasteiger partial charge in [-0.05, 0) is 48.5 Å². The molecule has 0 radical (unpaired) electrons. The predicted octanol–water partition coefficient (Wildman–Crippen LogP) is 5.00. The van der Waals surface area contributed by atoms with Crippen molar-refractivity contribution >= 4 is 56.0 Å². The number of nitrogens with one attached hydrogen (secondary N) is 1. The van der Waals surface area contributed by atoms with Crippen LogP contribution >= 0.6 is 27.7 Å². The number of para-hydroxylation sites is 1. The van der Waals surface area contributed by atoms with Crippen LogP contribution in [-0.4, -0.2) is 32.1 Å². The van der Waals surface area contributed by atoms with E-state index in [-0.39, 0.29) is 18.2 Å². The Morgan fingerprint density at radius 1 is 1.06 bits per heavy atom. The third-order valence-corrected chi connectivity index (χ3v) is 6.25. The summed E-state index contributed by atoms with van der Waals surface area (Å²) in [5, 5.41) is 2.88. The lowest BCUT2D eigenvalue weighted by Gasteiger charge is -2.16. The lowest BCUT2D eigenvalue weighted by Crippen LogP contribution is -2.33. The minimum atomic E-state index is -0.540. The van der Waals surface area contributed by atoms with Crippen molar-refractivity contribution in [3.05, 3.63) is 89.2 Å². The Labute approximate surface area is 192 Å². The number of amidine groups is 1. The number of pyridine rings is 1. The molecule has 4 rings (SSSR count). The maximum absolute atomic E-state index is 13.2. The van der Waals surface area contributed by atoms with Gasteiger partial charge in [0, 0.05) is 22.8 Å². The molecule has 3 aromatic rings. The predicted molar refractivity (Wildman–Crippen MR) is 127 cm³/mol. The van der Waals surface area contributed by atoms with E-state index >= 15 is 0 Å². The zero-order valence-corrected chi connectivity index (χ0v) is 18.8. The Balaban J connectivity index is 1.52. The molecule has 1 aliphatic heterocycles. The first-order valence-electron chi connectivity index (χ1n) is 9.65. The van der Waals surface area contributed by atoms with E-state index in [0.29, 0.717) is 17.4 Å². The van der Waals surface area contributed by atoms with E-state index in [1.807, 2.05) is 60.7 Å². The van der Waals surface area contributed by atoms with Crippen LogP contribution in [-0.2, 0) is 16.1 Å². The van der Waals surface area contributed by atoms with Gasteiger partial charge in [-0.3, -0.25) is 19.5 Å². The van der Waals surface area contributed by atoms with E-state index in [1.165, 1.54) is 11.8 Å². The van der Waals surface area contributed by atoms with Crippen molar-refractivity contribution in [1.29, 1.82) is 0 Å². The minimum absolute atomic E-state index is 0.0616. The molecule has 31 heavy (non-hydrogen) atoms. The Morgan fingerprint density at radius 2 is 1.81 bits per heavy atom. The largest absolute Gasteiger partial charge is 0.326 e. The fourth-order valence-electron chi connectivity index (χ4n) is 3.05. The van der Waals surface area contributed by atoms with Gasteiger partial charge in [0.25, 0.3) is 0 Å². The molecular weight excluding hydrogens is 476 g/mol. The number of carbonyl (C=O) groups excluding carboxylic acids is 2. The summed E-state index contributed by atoms with van der Waals surface area (Å²) >= 11 is 4.69. The molecule has 1 N–H and O–H groups in total. The van der Waals surface area contributed by atoms with E-state index in [1.54, 1.807) is 23.2 Å². The van der Waals surface area contributed by atoms with Gasteiger partial charge in [-0.15, -0.1) is 0 Å². The number of carbonyl (C=O) groups is 2. The van der Waals surface area contributed by atoms with Crippen molar-refractivity contribution in [3.8, 4) is 0 Å². The third-order valence-electron chi connectivity index (χ3n) is 4.55. The molecule has 2 heterocycles. The van der Waals surface area contributed by atoms with Gasteiger partial charge < -0.3 is 5.32 Å². The highest BCUT2D eigenvalue weighted by Crippen LogP contribution is 2.33. The molecule has 1 aromatic heterocycles. The topological polar surface area (TPSA) is 74.7 Å². The maximum atomic E-state index is 13.2. The summed E-state index contributed by atoms with van der Waals surface area (Å²) in [4.78, 5) is 36.3. The van der Waals surface area contributed by atoms with E-state index in [4.69, 9.17) is 0 Å². The van der Waals surface area contributed by atoms with Gasteiger partial charge in [-0.1, -0.05) is 52.0 Å². The average molecular weight is 495 g/mol. The van der Waals surface area contributed by atoms with Crippen LogP contribution in [0.5, 0.6) is 0 Å². The van der Waals surface area contributed by atoms with E-state index < -0.39 is 5.25 Å². The number of rotatable bonds is 6. The lowest BCUT2D eigenvalue weighted by atomic mass is 10.2. The van der Waals surface area contributed by atoms with Crippen LogP contribution in [0.2, 0.25) is 0 Å². The number of hydrogen-bond acceptors (Lipinski definition) is 5. The SMILES string of the molecule is O=C(C[C@@H]1SC(=Nc2ccccc2)N(Cc2ccccn2)C1=O)Nc1ccc(Br)cc1. The summed E-state index contributed by atoms with van der Waals surface area (Å²) in [5.41, 5.74) is 2.20. The molecular formula is C23H19BrN4O2S. The summed E-state index contributed by atoms with van der Waals surface area (Å²) < 4.78 is 0.930. The standard InChI is InChI=1S/C23H19BrN4O2S/c24-16-9-11-18(12-10-16)26-21(29)14-20-22(30)28(15-19-8-4-5-13-25-19)23(31-20)27-17-6-2-1-3-7-17/h1-13,20H,14-15H2,(H,26,29)/t20-/m0/s1. The van der Waals surface area contributed by atoms with Crippen molar-refractivity contribution in [3.63, 3.8) is 0 Å². The maximum Gasteiger partial charge on any atom is 0.243 e. The van der Waals surface area contributed by atoms with E-state index in [9.17, 15) is 9.59 Å². The van der Waals surface area contributed by atoms with Gasteiger partial charge in [0.2, 0.25) is 11.8 Å². The minimum Gasteiger partial charge on any atom is -0.326 e. The highest BCUT2D eigenvalue weighted by molar-refractivity contribution is 9.10. The molecule has 2 aromatic carbocycles. The number of hydrogen-bond donors (Lipinski definition) is 1. The van der Waals surface area contributed by atoms with Gasteiger partial charge in [0.1, 0.15) is 5.25 Å². The quantitative estimate of drug-likeness (QED) is 0.522. The van der Waals surface area contributed by atoms with Crippen LogP contribution < -0.4 is 5.32 Å². The van der Waals surface area contributed by atoms with Crippen molar-refractivity contribution in [2.45, 2.75) is 18.2 Å². The van der Waals surface area contributed by atoms with E-state index in [0.717, 1.165) is 15.9 Å². The number of aliphatic imine (C=N–C) groups is 1. The Hall–Kier alpha value is -2.97. The average Bonchev–Trinajstić information content (AvgIpc) is 3.05. The number of halogens is 1. The number of benzene rings is 2. The van der Waals surface area contributed by atoms with Gasteiger partial charge in [-0.2, -0.15) is 0 Å². The van der Waals surface area contributed by atoms with Crippen LogP contribution in [0.3, 0.4) is 0 Å². The second-order valence-electron chi connectivity index (χ2n) is 6.84. The Bertz CT molecular complexity index is 1090. The van der Waals surface area contributed by atoms with Gasteiger partial charge in [0.15, 0.2) is 5.17 Å². The smallest absolute Gasteiger partial charge is 0.243 e. The first kappa shape index (κ1) is 21.3. The molecule has 0 bridgehead atoms. The van der Waals surface area contributed by atoms with Crippen LogP contribution in [0.15, 0.2) is 88.5 Å². The first-order chi connectivity index (χ1) is 15.1. The second-order valence-corrected chi connectivity index (χ2v) is 8.93. The number of amides is 2. The summed E-state index contributed by atoms with van der Waals surface area (Å²) in [6, 6.07) is 22.4. The zero-order valence-electron chi connectivity index (χ0n) is 16.4. The summed E-state index contributed by atoms with van der Waals surface area (Å²) in [5.74, 6) is -0.358. The highest BCUT2D eigenvalue weighted by atomic mass is 79.9. The van der Waals surface area contributed by atoms with Crippen LogP contribution in [0.4, 0.5) is 11.4 Å². The van der Waals surface area contributed by atoms with Gasteiger partial charge in [-0.25, -0.2) is 4.99 Å². The number of aromatic nitrogens is 1. The molecule has 0 spiro atoms. The van der Waals surface area contributed by atoms with Crippen molar-refractivity contribution in [1.82, 2.24) is 9.88 Å². The number of anilines is 1. The number of nitrogens with zero attached hydrogens (tertiary/aromatic N) is 3. The van der Waals surface area contributed by atoms with Crippen molar-refractivity contribution in [2.24, 2.45) is 4.99 Å². The lowest BCUT2D eigenvalue weighted by molar-refractivity contribution is -0.128. The monoisotopic (exact) mass is 494 g/mol. The fourth-order valence-corrected chi connectivity index (χ4v) is 4.47. The van der Waals surface area contributed by atoms with Crippen LogP contribution in [0.25, 0.3) is 0 Å². The summed E-state index contributed by atoms with van der Waals surface area (Å²) in [7, 11) is 0. The third kappa shape index (κ3) is 5.59.